The van der Waals surface area contributed by atoms with Crippen LogP contribution in [0.25, 0.3) is 0 Å². The fraction of sp³-hybridized carbons (Fsp3) is 0.364. The van der Waals surface area contributed by atoms with Crippen LogP contribution in [0, 0.1) is 0 Å². The van der Waals surface area contributed by atoms with E-state index < -0.39 is 0 Å². The minimum atomic E-state index is -0.0492. The zero-order valence-electron chi connectivity index (χ0n) is 8.51. The van der Waals surface area contributed by atoms with Gasteiger partial charge in [-0.15, -0.1) is 0 Å². The average Bonchev–Trinajstić information content (AvgIpc) is 2.24. The molecular formula is C11H13NO3. The van der Waals surface area contributed by atoms with Gasteiger partial charge in [0.15, 0.2) is 0 Å². The molecule has 0 aromatic heterocycles. The fourth-order valence-corrected chi connectivity index (χ4v) is 1.66. The lowest BCUT2D eigenvalue weighted by Crippen LogP contribution is -2.41. The summed E-state index contributed by atoms with van der Waals surface area (Å²) in [5.41, 5.74) is 0.975. The van der Waals surface area contributed by atoms with Crippen molar-refractivity contribution >= 4 is 5.91 Å². The molecule has 1 aromatic rings. The molecule has 4 nitrogen and oxygen atoms in total. The van der Waals surface area contributed by atoms with Crippen molar-refractivity contribution in [3.63, 3.8) is 0 Å². The Kier molecular flexibility index (Phi) is 2.60. The largest absolute Gasteiger partial charge is 0.508 e. The van der Waals surface area contributed by atoms with Crippen LogP contribution in [0.4, 0.5) is 0 Å². The Bertz CT molecular complexity index is 361. The van der Waals surface area contributed by atoms with Crippen LogP contribution in [-0.4, -0.2) is 36.2 Å². The summed E-state index contributed by atoms with van der Waals surface area (Å²) in [6.45, 7) is 0.665. The number of hydrogen-bond acceptors (Lipinski definition) is 3. The molecule has 4 heteroatoms. The second kappa shape index (κ2) is 3.90. The third-order valence-corrected chi connectivity index (χ3v) is 2.64. The van der Waals surface area contributed by atoms with Gasteiger partial charge in [-0.1, -0.05) is 12.1 Å². The number of carbonyl (C=O) groups is 1. The number of carbonyl (C=O) groups excluding carboxylic acids is 1. The first-order valence-corrected chi connectivity index (χ1v) is 4.81. The summed E-state index contributed by atoms with van der Waals surface area (Å²) in [7, 11) is 1.77. The Morgan fingerprint density at radius 2 is 2.07 bits per heavy atom. The molecule has 80 valence electrons. The van der Waals surface area contributed by atoms with Gasteiger partial charge in [0.2, 0.25) is 5.91 Å². The van der Waals surface area contributed by atoms with E-state index in [-0.39, 0.29) is 24.3 Å². The van der Waals surface area contributed by atoms with Crippen LogP contribution in [0.3, 0.4) is 0 Å². The quantitative estimate of drug-likeness (QED) is 0.745. The molecule has 1 N–H and O–H groups in total. The lowest BCUT2D eigenvalue weighted by Gasteiger charge is -2.32. The highest BCUT2D eigenvalue weighted by molar-refractivity contribution is 5.78. The molecule has 1 aromatic carbocycles. The van der Waals surface area contributed by atoms with Crippen LogP contribution in [-0.2, 0) is 9.53 Å². The van der Waals surface area contributed by atoms with Gasteiger partial charge < -0.3 is 14.7 Å². The molecule has 0 radical (unpaired) electrons. The monoisotopic (exact) mass is 207 g/mol. The minimum absolute atomic E-state index is 0.0145. The highest BCUT2D eigenvalue weighted by Gasteiger charge is 2.26. The topological polar surface area (TPSA) is 49.8 Å². The summed E-state index contributed by atoms with van der Waals surface area (Å²) in [6.07, 6.45) is 0. The van der Waals surface area contributed by atoms with Crippen molar-refractivity contribution in [2.75, 3.05) is 20.3 Å². The zero-order chi connectivity index (χ0) is 10.8. The van der Waals surface area contributed by atoms with Crippen molar-refractivity contribution in [3.05, 3.63) is 29.8 Å². The lowest BCUT2D eigenvalue weighted by molar-refractivity contribution is -0.146. The van der Waals surface area contributed by atoms with Crippen LogP contribution in [0.15, 0.2) is 24.3 Å². The predicted octanol–water partition coefficient (Wildman–Crippen LogP) is 0.922. The van der Waals surface area contributed by atoms with Crippen LogP contribution in [0.1, 0.15) is 11.6 Å². The average molecular weight is 207 g/mol. The van der Waals surface area contributed by atoms with E-state index in [9.17, 15) is 4.79 Å². The van der Waals surface area contributed by atoms with E-state index in [0.29, 0.717) is 6.61 Å². The molecule has 1 unspecified atom stereocenters. The van der Waals surface area contributed by atoms with Gasteiger partial charge >= 0.3 is 0 Å². The van der Waals surface area contributed by atoms with Crippen LogP contribution in [0.2, 0.25) is 0 Å². The van der Waals surface area contributed by atoms with Gasteiger partial charge in [0.05, 0.1) is 12.6 Å². The van der Waals surface area contributed by atoms with Crippen molar-refractivity contribution in [3.8, 4) is 5.75 Å². The number of phenols is 1. The van der Waals surface area contributed by atoms with E-state index >= 15 is 0 Å². The first-order valence-electron chi connectivity index (χ1n) is 4.81. The highest BCUT2D eigenvalue weighted by atomic mass is 16.5. The number of benzene rings is 1. The summed E-state index contributed by atoms with van der Waals surface area (Å²) in [5, 5.41) is 9.16. The number of amides is 1. The number of rotatable bonds is 1. The number of hydrogen-bond donors (Lipinski definition) is 1. The number of nitrogens with zero attached hydrogens (tertiary/aromatic N) is 1. The Morgan fingerprint density at radius 1 is 1.40 bits per heavy atom. The number of aromatic hydroxyl groups is 1. The molecule has 1 saturated heterocycles. The summed E-state index contributed by atoms with van der Waals surface area (Å²) < 4.78 is 5.20. The Morgan fingerprint density at radius 3 is 2.73 bits per heavy atom. The fourth-order valence-electron chi connectivity index (χ4n) is 1.66. The lowest BCUT2D eigenvalue weighted by atomic mass is 10.1. The maximum atomic E-state index is 11.4. The molecule has 1 aliphatic heterocycles. The standard InChI is InChI=1S/C11H13NO3/c1-12-10(6-15-7-11(12)14)8-2-4-9(13)5-3-8/h2-5,10,13H,6-7H2,1H3. The van der Waals surface area contributed by atoms with E-state index in [1.807, 2.05) is 0 Å². The van der Waals surface area contributed by atoms with Gasteiger partial charge in [0.25, 0.3) is 0 Å². The summed E-state index contributed by atoms with van der Waals surface area (Å²) in [6, 6.07) is 6.79. The van der Waals surface area contributed by atoms with E-state index in [1.54, 1.807) is 36.2 Å². The SMILES string of the molecule is CN1C(=O)COCC1c1ccc(O)cc1. The molecule has 0 saturated carbocycles. The highest BCUT2D eigenvalue weighted by Crippen LogP contribution is 2.24. The first-order chi connectivity index (χ1) is 7.18. The summed E-state index contributed by atoms with van der Waals surface area (Å²) >= 11 is 0. The molecule has 0 bridgehead atoms. The second-order valence-corrected chi connectivity index (χ2v) is 3.63. The maximum Gasteiger partial charge on any atom is 0.248 e. The summed E-state index contributed by atoms with van der Waals surface area (Å²) in [4.78, 5) is 13.1. The van der Waals surface area contributed by atoms with E-state index in [0.717, 1.165) is 5.56 Å². The molecule has 0 aliphatic carbocycles. The zero-order valence-corrected chi connectivity index (χ0v) is 8.51. The molecule has 1 amide bonds. The van der Waals surface area contributed by atoms with E-state index in [2.05, 4.69) is 0 Å². The second-order valence-electron chi connectivity index (χ2n) is 3.63. The Labute approximate surface area is 88.1 Å². The number of likely N-dealkylation sites (N-methyl/N-ethyl adjacent to an activating group) is 1. The van der Waals surface area contributed by atoms with Gasteiger partial charge in [-0.3, -0.25) is 4.79 Å². The van der Waals surface area contributed by atoms with Gasteiger partial charge in [0.1, 0.15) is 12.4 Å². The van der Waals surface area contributed by atoms with E-state index in [4.69, 9.17) is 9.84 Å². The molecule has 1 fully saturated rings. The number of ether oxygens (including phenoxy) is 1. The van der Waals surface area contributed by atoms with Crippen LogP contribution < -0.4 is 0 Å². The molecule has 0 spiro atoms. The van der Waals surface area contributed by atoms with Crippen LogP contribution >= 0.6 is 0 Å². The third-order valence-electron chi connectivity index (χ3n) is 2.64. The van der Waals surface area contributed by atoms with Crippen molar-refractivity contribution in [2.45, 2.75) is 6.04 Å². The van der Waals surface area contributed by atoms with Crippen molar-refractivity contribution in [2.24, 2.45) is 0 Å². The molecular weight excluding hydrogens is 194 g/mol. The normalized spacial score (nSPS) is 21.8. The maximum absolute atomic E-state index is 11.4. The first kappa shape index (κ1) is 9.98. The minimum Gasteiger partial charge on any atom is -0.508 e. The molecule has 15 heavy (non-hydrogen) atoms. The van der Waals surface area contributed by atoms with Gasteiger partial charge in [-0.2, -0.15) is 0 Å². The Hall–Kier alpha value is -1.55. The van der Waals surface area contributed by atoms with Gasteiger partial charge in [0, 0.05) is 7.05 Å². The molecule has 1 atom stereocenters. The molecule has 2 rings (SSSR count). The Balaban J connectivity index is 2.22. The predicted molar refractivity (Wildman–Crippen MR) is 54.4 cm³/mol. The van der Waals surface area contributed by atoms with E-state index in [1.165, 1.54) is 0 Å². The van der Waals surface area contributed by atoms with Crippen molar-refractivity contribution in [1.82, 2.24) is 4.90 Å². The number of morpholine rings is 1. The molecule has 1 heterocycles. The number of phenolic OH excluding ortho intramolecular Hbond substituents is 1. The van der Waals surface area contributed by atoms with Gasteiger partial charge in [-0.25, -0.2) is 0 Å². The smallest absolute Gasteiger partial charge is 0.248 e. The van der Waals surface area contributed by atoms with Crippen molar-refractivity contribution < 1.29 is 14.6 Å². The van der Waals surface area contributed by atoms with Gasteiger partial charge in [-0.05, 0) is 17.7 Å². The van der Waals surface area contributed by atoms with Crippen LogP contribution in [0.5, 0.6) is 5.75 Å². The third kappa shape index (κ3) is 1.94. The summed E-state index contributed by atoms with van der Waals surface area (Å²) in [5.74, 6) is 0.212. The molecule has 1 aliphatic rings. The van der Waals surface area contributed by atoms with Crippen molar-refractivity contribution in [1.29, 1.82) is 0 Å².